The van der Waals surface area contributed by atoms with E-state index in [4.69, 9.17) is 4.74 Å². The summed E-state index contributed by atoms with van der Waals surface area (Å²) >= 11 is 0. The molecule has 0 aliphatic heterocycles. The number of hydrogen-bond acceptors (Lipinski definition) is 3. The van der Waals surface area contributed by atoms with Gasteiger partial charge in [-0.05, 0) is 32.0 Å². The average molecular weight is 259 g/mol. The fourth-order valence-corrected chi connectivity index (χ4v) is 1.49. The van der Waals surface area contributed by atoms with E-state index in [2.05, 4.69) is 5.32 Å². The largest absolute Gasteiger partial charge is 0.387 e. The summed E-state index contributed by atoms with van der Waals surface area (Å²) < 4.78 is 31.5. The molecule has 0 amide bonds. The van der Waals surface area contributed by atoms with Crippen LogP contribution in [0.2, 0.25) is 0 Å². The second-order valence-electron chi connectivity index (χ2n) is 4.31. The van der Waals surface area contributed by atoms with Gasteiger partial charge in [-0.1, -0.05) is 0 Å². The van der Waals surface area contributed by atoms with Crippen LogP contribution in [0, 0.1) is 11.6 Å². The molecule has 18 heavy (non-hydrogen) atoms. The lowest BCUT2D eigenvalue weighted by Gasteiger charge is -2.14. The monoisotopic (exact) mass is 259 g/mol. The number of ether oxygens (including phenoxy) is 1. The Hall–Kier alpha value is -1.04. The molecule has 5 heteroatoms. The number of nitrogens with one attached hydrogen (secondary N) is 1. The van der Waals surface area contributed by atoms with Crippen molar-refractivity contribution in [3.63, 3.8) is 0 Å². The molecule has 0 aromatic heterocycles. The Kier molecular flexibility index (Phi) is 6.18. The molecule has 0 radical (unpaired) electrons. The van der Waals surface area contributed by atoms with Crippen LogP contribution in [0.4, 0.5) is 8.78 Å². The number of aliphatic hydroxyl groups is 1. The highest BCUT2D eigenvalue weighted by atomic mass is 19.1. The summed E-state index contributed by atoms with van der Waals surface area (Å²) in [5.41, 5.74) is -0.0349. The smallest absolute Gasteiger partial charge is 0.129 e. The third kappa shape index (κ3) is 5.08. The number of rotatable bonds is 7. The van der Waals surface area contributed by atoms with Gasteiger partial charge in [0.2, 0.25) is 0 Å². The van der Waals surface area contributed by atoms with E-state index in [1.807, 2.05) is 13.8 Å². The number of halogens is 2. The van der Waals surface area contributed by atoms with Gasteiger partial charge in [-0.25, -0.2) is 8.78 Å². The minimum atomic E-state index is -1.07. The Morgan fingerprint density at radius 3 is 2.72 bits per heavy atom. The maximum absolute atomic E-state index is 13.3. The summed E-state index contributed by atoms with van der Waals surface area (Å²) in [5, 5.41) is 12.6. The van der Waals surface area contributed by atoms with Gasteiger partial charge in [0, 0.05) is 18.7 Å². The molecule has 2 N–H and O–H groups in total. The van der Waals surface area contributed by atoms with Gasteiger partial charge < -0.3 is 15.2 Å². The Morgan fingerprint density at radius 1 is 1.33 bits per heavy atom. The normalized spacial score (nSPS) is 13.0. The van der Waals surface area contributed by atoms with Crippen molar-refractivity contribution in [3.8, 4) is 0 Å². The predicted octanol–water partition coefficient (Wildman–Crippen LogP) is 2.01. The van der Waals surface area contributed by atoms with Crippen LogP contribution in [-0.4, -0.2) is 30.9 Å². The molecule has 1 aromatic carbocycles. The van der Waals surface area contributed by atoms with Crippen LogP contribution in [0.25, 0.3) is 0 Å². The molecule has 1 rings (SSSR count). The van der Waals surface area contributed by atoms with Gasteiger partial charge in [0.15, 0.2) is 0 Å². The van der Waals surface area contributed by atoms with E-state index in [0.717, 1.165) is 18.2 Å². The van der Waals surface area contributed by atoms with Crippen LogP contribution in [-0.2, 0) is 4.74 Å². The van der Waals surface area contributed by atoms with Crippen molar-refractivity contribution >= 4 is 0 Å². The molecular formula is C13H19F2NO2. The summed E-state index contributed by atoms with van der Waals surface area (Å²) in [5.74, 6) is -1.17. The molecule has 3 nitrogen and oxygen atoms in total. The average Bonchev–Trinajstić information content (AvgIpc) is 2.31. The van der Waals surface area contributed by atoms with Crippen molar-refractivity contribution in [2.45, 2.75) is 26.1 Å². The Labute approximate surface area is 106 Å². The maximum atomic E-state index is 13.3. The third-order valence-electron chi connectivity index (χ3n) is 2.38. The molecule has 0 fully saturated rings. The van der Waals surface area contributed by atoms with Crippen LogP contribution < -0.4 is 5.32 Å². The Bertz CT molecular complexity index is 372. The van der Waals surface area contributed by atoms with Crippen molar-refractivity contribution in [1.29, 1.82) is 0 Å². The molecule has 0 saturated heterocycles. The minimum Gasteiger partial charge on any atom is -0.387 e. The third-order valence-corrected chi connectivity index (χ3v) is 2.38. The van der Waals surface area contributed by atoms with E-state index >= 15 is 0 Å². The lowest BCUT2D eigenvalue weighted by molar-refractivity contribution is 0.0780. The first-order chi connectivity index (χ1) is 8.50. The molecule has 0 aliphatic rings. The van der Waals surface area contributed by atoms with Gasteiger partial charge in [-0.2, -0.15) is 0 Å². The molecule has 1 atom stereocenters. The summed E-state index contributed by atoms with van der Waals surface area (Å²) in [6.07, 6.45) is -0.919. The molecule has 102 valence electrons. The first-order valence-corrected chi connectivity index (χ1v) is 5.96. The fraction of sp³-hybridized carbons (Fsp3) is 0.538. The highest BCUT2D eigenvalue weighted by Gasteiger charge is 2.13. The number of benzene rings is 1. The second kappa shape index (κ2) is 7.41. The molecule has 1 aromatic rings. The Balaban J connectivity index is 2.36. The summed E-state index contributed by atoms with van der Waals surface area (Å²) in [6, 6.07) is 3.04. The summed E-state index contributed by atoms with van der Waals surface area (Å²) in [7, 11) is 0. The molecule has 0 heterocycles. The van der Waals surface area contributed by atoms with Gasteiger partial charge in [0.05, 0.1) is 18.8 Å². The Morgan fingerprint density at radius 2 is 2.06 bits per heavy atom. The summed E-state index contributed by atoms with van der Waals surface area (Å²) in [6.45, 7) is 5.07. The van der Waals surface area contributed by atoms with E-state index in [-0.39, 0.29) is 18.2 Å². The van der Waals surface area contributed by atoms with E-state index < -0.39 is 17.7 Å². The fourth-order valence-electron chi connectivity index (χ4n) is 1.49. The van der Waals surface area contributed by atoms with Gasteiger partial charge in [-0.3, -0.25) is 0 Å². The van der Waals surface area contributed by atoms with E-state index in [1.54, 1.807) is 0 Å². The van der Waals surface area contributed by atoms with E-state index in [9.17, 15) is 13.9 Å². The van der Waals surface area contributed by atoms with Gasteiger partial charge in [-0.15, -0.1) is 0 Å². The zero-order chi connectivity index (χ0) is 13.5. The van der Waals surface area contributed by atoms with Crippen molar-refractivity contribution < 1.29 is 18.6 Å². The lowest BCUT2D eigenvalue weighted by atomic mass is 10.1. The van der Waals surface area contributed by atoms with Crippen molar-refractivity contribution in [1.82, 2.24) is 5.32 Å². The van der Waals surface area contributed by atoms with Crippen LogP contribution in [0.15, 0.2) is 18.2 Å². The van der Waals surface area contributed by atoms with Gasteiger partial charge in [0.1, 0.15) is 11.6 Å². The predicted molar refractivity (Wildman–Crippen MR) is 65.3 cm³/mol. The zero-order valence-electron chi connectivity index (χ0n) is 10.6. The minimum absolute atomic E-state index is 0.0349. The molecule has 1 unspecified atom stereocenters. The molecule has 0 spiro atoms. The summed E-state index contributed by atoms with van der Waals surface area (Å²) in [4.78, 5) is 0. The van der Waals surface area contributed by atoms with E-state index in [1.165, 1.54) is 0 Å². The number of hydrogen-bond donors (Lipinski definition) is 2. The first-order valence-electron chi connectivity index (χ1n) is 5.96. The SMILES string of the molecule is CC(C)OCCNCC(O)c1cc(F)ccc1F. The molecule has 0 aliphatic carbocycles. The molecular weight excluding hydrogens is 240 g/mol. The van der Waals surface area contributed by atoms with Gasteiger partial charge >= 0.3 is 0 Å². The van der Waals surface area contributed by atoms with Crippen LogP contribution in [0.5, 0.6) is 0 Å². The lowest BCUT2D eigenvalue weighted by Crippen LogP contribution is -2.26. The molecule has 0 saturated carbocycles. The van der Waals surface area contributed by atoms with Crippen molar-refractivity contribution in [2.75, 3.05) is 19.7 Å². The van der Waals surface area contributed by atoms with E-state index in [0.29, 0.717) is 13.2 Å². The highest BCUT2D eigenvalue weighted by Crippen LogP contribution is 2.17. The quantitative estimate of drug-likeness (QED) is 0.736. The first kappa shape index (κ1) is 15.0. The highest BCUT2D eigenvalue weighted by molar-refractivity contribution is 5.21. The number of aliphatic hydroxyl groups excluding tert-OH is 1. The van der Waals surface area contributed by atoms with Crippen molar-refractivity contribution in [2.24, 2.45) is 0 Å². The second-order valence-corrected chi connectivity index (χ2v) is 4.31. The van der Waals surface area contributed by atoms with Crippen LogP contribution >= 0.6 is 0 Å². The van der Waals surface area contributed by atoms with Crippen LogP contribution in [0.1, 0.15) is 25.5 Å². The van der Waals surface area contributed by atoms with Crippen LogP contribution in [0.3, 0.4) is 0 Å². The topological polar surface area (TPSA) is 41.5 Å². The standard InChI is InChI=1S/C13H19F2NO2/c1-9(2)18-6-5-16-8-13(17)11-7-10(14)3-4-12(11)15/h3-4,7,9,13,16-17H,5-6,8H2,1-2H3. The molecule has 0 bridgehead atoms. The maximum Gasteiger partial charge on any atom is 0.129 e. The van der Waals surface area contributed by atoms with Gasteiger partial charge in [0.25, 0.3) is 0 Å². The zero-order valence-corrected chi connectivity index (χ0v) is 10.6. The van der Waals surface area contributed by atoms with Crippen molar-refractivity contribution in [3.05, 3.63) is 35.4 Å².